The number of rotatable bonds is 7. The van der Waals surface area contributed by atoms with Gasteiger partial charge in [0, 0.05) is 10.7 Å². The maximum atomic E-state index is 12.8. The Morgan fingerprint density at radius 2 is 1.71 bits per heavy atom. The van der Waals surface area contributed by atoms with E-state index in [1.54, 1.807) is 30.3 Å². The lowest BCUT2D eigenvalue weighted by Gasteiger charge is -2.18. The fourth-order valence-electron chi connectivity index (χ4n) is 2.49. The zero-order valence-corrected chi connectivity index (χ0v) is 18.4. The highest BCUT2D eigenvalue weighted by Crippen LogP contribution is 2.26. The van der Waals surface area contributed by atoms with Crippen molar-refractivity contribution >= 4 is 60.5 Å². The van der Waals surface area contributed by atoms with Crippen LogP contribution in [0.3, 0.4) is 0 Å². The summed E-state index contributed by atoms with van der Waals surface area (Å²) in [6, 6.07) is 18.0. The van der Waals surface area contributed by atoms with Gasteiger partial charge in [-0.15, -0.1) is 11.3 Å². The topological polar surface area (TPSA) is 75.3 Å². The minimum absolute atomic E-state index is 0.136. The summed E-state index contributed by atoms with van der Waals surface area (Å²) < 4.78 is 28.8. The number of hydrogen-bond donors (Lipinski definition) is 2. The normalized spacial score (nSPS) is 12.5. The number of amides is 1. The van der Waals surface area contributed by atoms with E-state index in [2.05, 4.69) is 26.0 Å². The Morgan fingerprint density at radius 3 is 2.32 bits per heavy atom. The van der Waals surface area contributed by atoms with Crippen LogP contribution in [0.1, 0.15) is 5.56 Å². The van der Waals surface area contributed by atoms with Crippen LogP contribution in [-0.2, 0) is 21.2 Å². The average molecular weight is 500 g/mol. The van der Waals surface area contributed by atoms with Crippen LogP contribution in [0.2, 0.25) is 5.02 Å². The zero-order chi connectivity index (χ0) is 20.1. The molecule has 1 aromatic heterocycles. The van der Waals surface area contributed by atoms with Gasteiger partial charge in [-0.25, -0.2) is 8.42 Å². The van der Waals surface area contributed by atoms with Gasteiger partial charge in [0.15, 0.2) is 0 Å². The SMILES string of the molecule is O=C(Nc1ccc(Cl)cc1)C(Cc1ccccc1)NS(=O)(=O)c1ccc(Br)s1. The number of benzene rings is 2. The summed E-state index contributed by atoms with van der Waals surface area (Å²) >= 11 is 10.2. The summed E-state index contributed by atoms with van der Waals surface area (Å²) in [5.74, 6) is -0.453. The van der Waals surface area contributed by atoms with Crippen molar-refractivity contribution in [3.05, 3.63) is 81.1 Å². The lowest BCUT2D eigenvalue weighted by atomic mass is 10.1. The van der Waals surface area contributed by atoms with Crippen LogP contribution in [0.4, 0.5) is 5.69 Å². The van der Waals surface area contributed by atoms with Gasteiger partial charge in [-0.2, -0.15) is 4.72 Å². The van der Waals surface area contributed by atoms with Crippen LogP contribution >= 0.6 is 38.9 Å². The molecule has 2 aromatic carbocycles. The lowest BCUT2D eigenvalue weighted by molar-refractivity contribution is -0.117. The Kier molecular flexibility index (Phi) is 6.90. The average Bonchev–Trinajstić information content (AvgIpc) is 3.11. The molecule has 1 atom stereocenters. The number of hydrogen-bond acceptors (Lipinski definition) is 4. The molecule has 0 spiro atoms. The van der Waals surface area contributed by atoms with Crippen molar-refractivity contribution in [3.63, 3.8) is 0 Å². The number of sulfonamides is 1. The summed E-state index contributed by atoms with van der Waals surface area (Å²) in [5, 5.41) is 3.28. The number of nitrogens with one attached hydrogen (secondary N) is 2. The van der Waals surface area contributed by atoms with E-state index in [-0.39, 0.29) is 10.6 Å². The first-order valence-corrected chi connectivity index (χ1v) is 11.7. The minimum atomic E-state index is -3.85. The predicted molar refractivity (Wildman–Crippen MR) is 116 cm³/mol. The van der Waals surface area contributed by atoms with Crippen LogP contribution < -0.4 is 10.0 Å². The molecule has 1 unspecified atom stereocenters. The minimum Gasteiger partial charge on any atom is -0.325 e. The van der Waals surface area contributed by atoms with Crippen LogP contribution in [0.15, 0.2) is 74.7 Å². The van der Waals surface area contributed by atoms with Crippen molar-refractivity contribution in [3.8, 4) is 0 Å². The highest BCUT2D eigenvalue weighted by Gasteiger charge is 2.27. The first-order valence-electron chi connectivity index (χ1n) is 8.21. The molecule has 3 rings (SSSR count). The second-order valence-corrected chi connectivity index (χ2v) is 10.8. The molecule has 3 aromatic rings. The smallest absolute Gasteiger partial charge is 0.250 e. The molecule has 0 saturated heterocycles. The monoisotopic (exact) mass is 498 g/mol. The molecule has 9 heteroatoms. The number of thiophene rings is 1. The van der Waals surface area contributed by atoms with Crippen molar-refractivity contribution in [1.29, 1.82) is 0 Å². The maximum Gasteiger partial charge on any atom is 0.250 e. The van der Waals surface area contributed by atoms with Gasteiger partial charge in [-0.3, -0.25) is 4.79 Å². The summed E-state index contributed by atoms with van der Waals surface area (Å²) in [4.78, 5) is 12.8. The second-order valence-electron chi connectivity index (χ2n) is 5.92. The van der Waals surface area contributed by atoms with E-state index in [0.29, 0.717) is 14.5 Å². The Morgan fingerprint density at radius 1 is 1.04 bits per heavy atom. The molecule has 0 fully saturated rings. The molecule has 5 nitrogen and oxygen atoms in total. The molecule has 1 heterocycles. The van der Waals surface area contributed by atoms with Gasteiger partial charge in [0.1, 0.15) is 10.3 Å². The molecule has 0 aliphatic heterocycles. The van der Waals surface area contributed by atoms with E-state index < -0.39 is 22.0 Å². The van der Waals surface area contributed by atoms with E-state index in [1.807, 2.05) is 30.3 Å². The second kappa shape index (κ2) is 9.19. The van der Waals surface area contributed by atoms with Crippen molar-refractivity contribution in [2.24, 2.45) is 0 Å². The van der Waals surface area contributed by atoms with E-state index >= 15 is 0 Å². The van der Waals surface area contributed by atoms with Gasteiger partial charge in [-0.1, -0.05) is 41.9 Å². The summed E-state index contributed by atoms with van der Waals surface area (Å²) in [7, 11) is -3.85. The van der Waals surface area contributed by atoms with Crippen LogP contribution in [0.25, 0.3) is 0 Å². The number of halogens is 2. The molecule has 0 saturated carbocycles. The Bertz CT molecular complexity index is 1050. The highest BCUT2D eigenvalue weighted by atomic mass is 79.9. The van der Waals surface area contributed by atoms with Crippen LogP contribution in [0.5, 0.6) is 0 Å². The Labute approximate surface area is 180 Å². The molecule has 0 radical (unpaired) electrons. The number of carbonyl (C=O) groups excluding carboxylic acids is 1. The van der Waals surface area contributed by atoms with Gasteiger partial charge >= 0.3 is 0 Å². The molecule has 28 heavy (non-hydrogen) atoms. The standard InChI is InChI=1S/C19H16BrClN2O3S2/c20-17-10-11-18(27-17)28(25,26)23-16(12-13-4-2-1-3-5-13)19(24)22-15-8-6-14(21)7-9-15/h1-11,16,23H,12H2,(H,22,24). The van der Waals surface area contributed by atoms with Crippen LogP contribution in [0, 0.1) is 0 Å². The summed E-state index contributed by atoms with van der Waals surface area (Å²) in [6.07, 6.45) is 0.214. The van der Waals surface area contributed by atoms with Gasteiger partial charge in [0.2, 0.25) is 5.91 Å². The van der Waals surface area contributed by atoms with Gasteiger partial charge in [-0.05, 0) is 64.3 Å². The molecule has 0 aliphatic carbocycles. The summed E-state index contributed by atoms with van der Waals surface area (Å²) in [6.45, 7) is 0. The van der Waals surface area contributed by atoms with Gasteiger partial charge in [0.25, 0.3) is 10.0 Å². The lowest BCUT2D eigenvalue weighted by Crippen LogP contribution is -2.45. The maximum absolute atomic E-state index is 12.8. The Hall–Kier alpha value is -1.71. The number of carbonyl (C=O) groups is 1. The van der Waals surface area contributed by atoms with Crippen molar-refractivity contribution < 1.29 is 13.2 Å². The fraction of sp³-hybridized carbons (Fsp3) is 0.105. The van der Waals surface area contributed by atoms with E-state index in [9.17, 15) is 13.2 Å². The van der Waals surface area contributed by atoms with E-state index in [1.165, 1.54) is 6.07 Å². The van der Waals surface area contributed by atoms with Crippen molar-refractivity contribution in [2.45, 2.75) is 16.7 Å². The highest BCUT2D eigenvalue weighted by molar-refractivity contribution is 9.11. The molecular weight excluding hydrogens is 484 g/mol. The largest absolute Gasteiger partial charge is 0.325 e. The van der Waals surface area contributed by atoms with Crippen molar-refractivity contribution in [2.75, 3.05) is 5.32 Å². The zero-order valence-electron chi connectivity index (χ0n) is 14.4. The predicted octanol–water partition coefficient (Wildman–Crippen LogP) is 4.69. The summed E-state index contributed by atoms with van der Waals surface area (Å²) in [5.41, 5.74) is 1.37. The first kappa shape index (κ1) is 21.0. The van der Waals surface area contributed by atoms with Gasteiger partial charge < -0.3 is 5.32 Å². The van der Waals surface area contributed by atoms with Crippen molar-refractivity contribution in [1.82, 2.24) is 4.72 Å². The third-order valence-corrected chi connectivity index (χ3v) is 7.66. The number of anilines is 1. The third-order valence-electron chi connectivity index (χ3n) is 3.82. The molecule has 0 aliphatic rings. The molecule has 1 amide bonds. The quantitative estimate of drug-likeness (QED) is 0.495. The molecule has 146 valence electrons. The molecule has 0 bridgehead atoms. The first-order chi connectivity index (χ1) is 13.3. The molecular formula is C19H16BrClN2O3S2. The molecule has 2 N–H and O–H groups in total. The van der Waals surface area contributed by atoms with E-state index in [0.717, 1.165) is 16.9 Å². The van der Waals surface area contributed by atoms with Gasteiger partial charge in [0.05, 0.1) is 3.79 Å². The van der Waals surface area contributed by atoms with Crippen LogP contribution in [-0.4, -0.2) is 20.4 Å². The third kappa shape index (κ3) is 5.65. The van der Waals surface area contributed by atoms with E-state index in [4.69, 9.17) is 11.6 Å². The fourth-order valence-corrected chi connectivity index (χ4v) is 5.84. The Balaban J connectivity index is 1.83.